The van der Waals surface area contributed by atoms with Gasteiger partial charge in [-0.1, -0.05) is 45.2 Å². The highest BCUT2D eigenvalue weighted by atomic mass is 32.2. The van der Waals surface area contributed by atoms with Gasteiger partial charge in [-0.15, -0.1) is 0 Å². The molecule has 2 saturated carbocycles. The number of fused-ring (bicyclic) bond motifs is 1. The summed E-state index contributed by atoms with van der Waals surface area (Å²) in [6.07, 6.45) is 6.93. The van der Waals surface area contributed by atoms with E-state index in [1.807, 2.05) is 17.0 Å². The van der Waals surface area contributed by atoms with Crippen molar-refractivity contribution in [2.75, 3.05) is 26.0 Å². The number of hydrogen-bond acceptors (Lipinski definition) is 4. The maximum absolute atomic E-state index is 13.9. The van der Waals surface area contributed by atoms with Gasteiger partial charge in [-0.25, -0.2) is 8.42 Å². The first-order chi connectivity index (χ1) is 13.5. The number of nitrogens with zero attached hydrogens (tertiary/aromatic N) is 1. The third-order valence-electron chi connectivity index (χ3n) is 7.95. The number of aliphatic hydroxyl groups excluding tert-OH is 1. The van der Waals surface area contributed by atoms with Crippen molar-refractivity contribution in [1.82, 2.24) is 4.90 Å². The minimum atomic E-state index is -3.26. The molecule has 1 N–H and O–H groups in total. The van der Waals surface area contributed by atoms with E-state index >= 15 is 0 Å². The Balaban J connectivity index is 1.66. The van der Waals surface area contributed by atoms with Crippen LogP contribution in [0.3, 0.4) is 0 Å². The first-order valence-corrected chi connectivity index (χ1v) is 12.6. The van der Waals surface area contributed by atoms with E-state index in [0.29, 0.717) is 17.4 Å². The number of aliphatic hydroxyl groups is 1. The summed E-state index contributed by atoms with van der Waals surface area (Å²) in [5.74, 6) is 0.513. The van der Waals surface area contributed by atoms with Crippen molar-refractivity contribution < 1.29 is 18.3 Å². The van der Waals surface area contributed by atoms with Gasteiger partial charge in [0.1, 0.15) is 0 Å². The van der Waals surface area contributed by atoms with Crippen molar-refractivity contribution in [2.24, 2.45) is 16.7 Å². The lowest BCUT2D eigenvalue weighted by molar-refractivity contribution is -0.138. The second-order valence-electron chi connectivity index (χ2n) is 10.4. The predicted octanol–water partition coefficient (Wildman–Crippen LogP) is 3.16. The minimum Gasteiger partial charge on any atom is -0.396 e. The van der Waals surface area contributed by atoms with Gasteiger partial charge in [0.2, 0.25) is 5.91 Å². The summed E-state index contributed by atoms with van der Waals surface area (Å²) in [6, 6.07) is 6.96. The van der Waals surface area contributed by atoms with E-state index in [1.165, 1.54) is 6.26 Å². The molecule has 0 radical (unpaired) electrons. The van der Waals surface area contributed by atoms with Crippen molar-refractivity contribution in [3.8, 4) is 0 Å². The van der Waals surface area contributed by atoms with Crippen LogP contribution in [0.4, 0.5) is 0 Å². The molecule has 1 amide bonds. The van der Waals surface area contributed by atoms with Crippen molar-refractivity contribution in [3.05, 3.63) is 29.8 Å². The fourth-order valence-electron chi connectivity index (χ4n) is 6.60. The molecule has 2 aliphatic carbocycles. The molecule has 3 fully saturated rings. The minimum absolute atomic E-state index is 0.140. The SMILES string of the molecule is CC1(C)C[C@]2(CO)CN(C(=O)C3(c4ccc(S(C)(=O)=O)cc4)CCCCC3)C[C@H]12. The van der Waals surface area contributed by atoms with Gasteiger partial charge < -0.3 is 10.0 Å². The topological polar surface area (TPSA) is 74.7 Å². The van der Waals surface area contributed by atoms with Gasteiger partial charge in [0.15, 0.2) is 9.84 Å². The zero-order chi connectivity index (χ0) is 21.1. The lowest BCUT2D eigenvalue weighted by Gasteiger charge is -2.55. The largest absolute Gasteiger partial charge is 0.396 e. The predicted molar refractivity (Wildman–Crippen MR) is 112 cm³/mol. The molecule has 0 bridgehead atoms. The number of hydrogen-bond donors (Lipinski definition) is 1. The average molecular weight is 420 g/mol. The van der Waals surface area contributed by atoms with Crippen LogP contribution in [0.1, 0.15) is 57.9 Å². The summed E-state index contributed by atoms with van der Waals surface area (Å²) in [4.78, 5) is 16.2. The first kappa shape index (κ1) is 20.9. The molecule has 3 aliphatic rings. The van der Waals surface area contributed by atoms with E-state index in [2.05, 4.69) is 13.8 Å². The molecule has 6 heteroatoms. The Bertz CT molecular complexity index is 899. The molecule has 4 rings (SSSR count). The molecule has 0 spiro atoms. The highest BCUT2D eigenvalue weighted by Gasteiger charge is 2.64. The van der Waals surface area contributed by atoms with Gasteiger partial charge in [0, 0.05) is 24.8 Å². The Hall–Kier alpha value is -1.40. The van der Waals surface area contributed by atoms with Gasteiger partial charge >= 0.3 is 0 Å². The molecular weight excluding hydrogens is 386 g/mol. The highest BCUT2D eigenvalue weighted by Crippen LogP contribution is 2.63. The molecule has 2 atom stereocenters. The van der Waals surface area contributed by atoms with Crippen LogP contribution in [0.5, 0.6) is 0 Å². The second kappa shape index (κ2) is 6.81. The number of carbonyl (C=O) groups is 1. The summed E-state index contributed by atoms with van der Waals surface area (Å²) >= 11 is 0. The van der Waals surface area contributed by atoms with Gasteiger partial charge in [0.25, 0.3) is 0 Å². The number of likely N-dealkylation sites (tertiary alicyclic amines) is 1. The smallest absolute Gasteiger partial charge is 0.233 e. The lowest BCUT2D eigenvalue weighted by Crippen LogP contribution is -2.54. The standard InChI is InChI=1S/C23H33NO4S/c1-21(2)14-22(16-25)15-24(13-19(21)22)20(26)23(11-5-4-6-12-23)17-7-9-18(10-8-17)29(3,27)28/h7-10,19,25H,4-6,11-16H2,1-3H3/t19-,22-/m1/s1. The van der Waals surface area contributed by atoms with E-state index in [-0.39, 0.29) is 23.3 Å². The number of carbonyl (C=O) groups excluding carboxylic acids is 1. The van der Waals surface area contributed by atoms with Crippen LogP contribution in [-0.4, -0.2) is 50.3 Å². The monoisotopic (exact) mass is 419 g/mol. The van der Waals surface area contributed by atoms with Crippen molar-refractivity contribution in [1.29, 1.82) is 0 Å². The van der Waals surface area contributed by atoms with Gasteiger partial charge in [-0.3, -0.25) is 4.79 Å². The van der Waals surface area contributed by atoms with E-state index in [0.717, 1.165) is 50.6 Å². The number of benzene rings is 1. The highest BCUT2D eigenvalue weighted by molar-refractivity contribution is 7.90. The summed E-state index contributed by atoms with van der Waals surface area (Å²) in [5, 5.41) is 10.1. The Morgan fingerprint density at radius 1 is 1.14 bits per heavy atom. The summed E-state index contributed by atoms with van der Waals surface area (Å²) < 4.78 is 23.7. The van der Waals surface area contributed by atoms with Crippen LogP contribution in [0, 0.1) is 16.7 Å². The van der Waals surface area contributed by atoms with Crippen molar-refractivity contribution in [2.45, 2.75) is 62.7 Å². The molecule has 1 aliphatic heterocycles. The molecule has 0 aromatic heterocycles. The molecule has 1 saturated heterocycles. The number of sulfone groups is 1. The molecule has 29 heavy (non-hydrogen) atoms. The van der Waals surface area contributed by atoms with Crippen LogP contribution < -0.4 is 0 Å². The van der Waals surface area contributed by atoms with E-state index in [1.54, 1.807) is 12.1 Å². The summed E-state index contributed by atoms with van der Waals surface area (Å²) in [6.45, 7) is 5.97. The number of amides is 1. The zero-order valence-corrected chi connectivity index (χ0v) is 18.6. The molecule has 1 aromatic carbocycles. The van der Waals surface area contributed by atoms with Crippen LogP contribution in [0.2, 0.25) is 0 Å². The van der Waals surface area contributed by atoms with Crippen molar-refractivity contribution >= 4 is 15.7 Å². The third kappa shape index (κ3) is 3.23. The normalized spacial score (nSPS) is 30.5. The maximum atomic E-state index is 13.9. The van der Waals surface area contributed by atoms with Crippen LogP contribution in [-0.2, 0) is 20.0 Å². The van der Waals surface area contributed by atoms with Crippen LogP contribution >= 0.6 is 0 Å². The second-order valence-corrected chi connectivity index (χ2v) is 12.4. The summed E-state index contributed by atoms with van der Waals surface area (Å²) in [5.41, 5.74) is 0.383. The van der Waals surface area contributed by atoms with Crippen molar-refractivity contribution in [3.63, 3.8) is 0 Å². The summed E-state index contributed by atoms with van der Waals surface area (Å²) in [7, 11) is -3.26. The Kier molecular flexibility index (Phi) is 4.90. The molecular formula is C23H33NO4S. The molecule has 160 valence electrons. The quantitative estimate of drug-likeness (QED) is 0.813. The van der Waals surface area contributed by atoms with Crippen LogP contribution in [0.25, 0.3) is 0 Å². The van der Waals surface area contributed by atoms with Gasteiger partial charge in [-0.05, 0) is 48.3 Å². The Labute approximate surface area is 174 Å². The zero-order valence-electron chi connectivity index (χ0n) is 17.8. The maximum Gasteiger partial charge on any atom is 0.233 e. The van der Waals surface area contributed by atoms with Crippen LogP contribution in [0.15, 0.2) is 29.2 Å². The van der Waals surface area contributed by atoms with E-state index in [9.17, 15) is 18.3 Å². The molecule has 5 nitrogen and oxygen atoms in total. The van der Waals surface area contributed by atoms with Gasteiger partial charge in [0.05, 0.1) is 16.9 Å². The molecule has 1 aromatic rings. The fraction of sp³-hybridized carbons (Fsp3) is 0.696. The molecule has 0 unspecified atom stereocenters. The average Bonchev–Trinajstić information content (AvgIpc) is 3.02. The number of rotatable bonds is 4. The first-order valence-electron chi connectivity index (χ1n) is 10.8. The van der Waals surface area contributed by atoms with E-state index in [4.69, 9.17) is 0 Å². The lowest BCUT2D eigenvalue weighted by atomic mass is 9.48. The fourth-order valence-corrected chi connectivity index (χ4v) is 7.23. The molecule has 1 heterocycles. The van der Waals surface area contributed by atoms with E-state index < -0.39 is 15.3 Å². The Morgan fingerprint density at radius 3 is 2.24 bits per heavy atom. The Morgan fingerprint density at radius 2 is 1.76 bits per heavy atom. The van der Waals surface area contributed by atoms with Gasteiger partial charge in [-0.2, -0.15) is 0 Å². The third-order valence-corrected chi connectivity index (χ3v) is 9.08.